The predicted octanol–water partition coefficient (Wildman–Crippen LogP) is 3.98. The minimum absolute atomic E-state index is 0.0526. The van der Waals surface area contributed by atoms with E-state index in [0.717, 1.165) is 17.4 Å². The minimum Gasteiger partial charge on any atom is -0.351 e. The first-order chi connectivity index (χ1) is 13.9. The quantitative estimate of drug-likeness (QED) is 0.547. The Balaban J connectivity index is 2.09. The van der Waals surface area contributed by atoms with E-state index in [1.807, 2.05) is 30.9 Å². The van der Waals surface area contributed by atoms with Crippen molar-refractivity contribution in [2.75, 3.05) is 26.3 Å². The van der Waals surface area contributed by atoms with Crippen LogP contribution in [0.4, 0.5) is 0 Å². The van der Waals surface area contributed by atoms with E-state index in [9.17, 15) is 4.79 Å². The van der Waals surface area contributed by atoms with E-state index in [-0.39, 0.29) is 5.91 Å². The summed E-state index contributed by atoms with van der Waals surface area (Å²) in [6.45, 7) is 10.3. The van der Waals surface area contributed by atoms with Gasteiger partial charge in [-0.05, 0) is 48.9 Å². The minimum atomic E-state index is -0.591. The van der Waals surface area contributed by atoms with E-state index in [1.165, 1.54) is 5.39 Å². The van der Waals surface area contributed by atoms with Crippen molar-refractivity contribution in [2.24, 2.45) is 11.7 Å². The molecule has 1 atom stereocenters. The molecular formula is C24H36N2O3. The topological polar surface area (TPSA) is 64.8 Å². The van der Waals surface area contributed by atoms with E-state index in [2.05, 4.69) is 44.2 Å². The van der Waals surface area contributed by atoms with E-state index in [1.54, 1.807) is 0 Å². The zero-order chi connectivity index (χ0) is 21.2. The molecule has 0 aliphatic rings. The molecule has 0 fully saturated rings. The maximum absolute atomic E-state index is 13.2. The Morgan fingerprint density at radius 1 is 1.03 bits per heavy atom. The van der Waals surface area contributed by atoms with E-state index >= 15 is 0 Å². The van der Waals surface area contributed by atoms with Crippen LogP contribution in [-0.2, 0) is 20.7 Å². The molecule has 1 amide bonds. The molecule has 0 bridgehead atoms. The maximum Gasteiger partial charge on any atom is 0.240 e. The van der Waals surface area contributed by atoms with Crippen LogP contribution >= 0.6 is 0 Å². The number of nitrogens with two attached hydrogens (primary N) is 1. The number of fused-ring (bicyclic) bond motifs is 1. The van der Waals surface area contributed by atoms with Gasteiger partial charge in [0.2, 0.25) is 5.91 Å². The van der Waals surface area contributed by atoms with Crippen molar-refractivity contribution in [3.63, 3.8) is 0 Å². The number of ether oxygens (including phenoxy) is 2. The summed E-state index contributed by atoms with van der Waals surface area (Å²) in [5.74, 6) is 0.447. The number of hydrogen-bond donors (Lipinski definition) is 1. The fourth-order valence-electron chi connectivity index (χ4n) is 3.35. The molecule has 0 saturated heterocycles. The molecule has 2 N–H and O–H groups in total. The van der Waals surface area contributed by atoms with Crippen molar-refractivity contribution < 1.29 is 14.3 Å². The Kier molecular flexibility index (Phi) is 9.58. The highest BCUT2D eigenvalue weighted by atomic mass is 16.7. The first kappa shape index (κ1) is 23.3. The Bertz CT molecular complexity index is 757. The first-order valence-electron chi connectivity index (χ1n) is 10.7. The highest BCUT2D eigenvalue weighted by Crippen LogP contribution is 2.17. The van der Waals surface area contributed by atoms with Gasteiger partial charge in [0.25, 0.3) is 0 Å². The largest absolute Gasteiger partial charge is 0.351 e. The van der Waals surface area contributed by atoms with Crippen LogP contribution in [0.25, 0.3) is 10.8 Å². The third-order valence-corrected chi connectivity index (χ3v) is 4.95. The summed E-state index contributed by atoms with van der Waals surface area (Å²) in [5, 5.41) is 2.35. The molecule has 2 aromatic rings. The van der Waals surface area contributed by atoms with Gasteiger partial charge in [-0.2, -0.15) is 0 Å². The molecule has 0 heterocycles. The lowest BCUT2D eigenvalue weighted by atomic mass is 10.0. The molecule has 0 aliphatic heterocycles. The molecule has 5 nitrogen and oxygen atoms in total. The first-order valence-corrected chi connectivity index (χ1v) is 10.7. The Morgan fingerprint density at radius 2 is 1.69 bits per heavy atom. The molecule has 29 heavy (non-hydrogen) atoms. The van der Waals surface area contributed by atoms with Gasteiger partial charge >= 0.3 is 0 Å². The number of carbonyl (C=O) groups excluding carboxylic acids is 1. The third-order valence-electron chi connectivity index (χ3n) is 4.95. The molecule has 0 radical (unpaired) electrons. The lowest BCUT2D eigenvalue weighted by Crippen LogP contribution is -2.49. The summed E-state index contributed by atoms with van der Waals surface area (Å²) in [5.41, 5.74) is 7.42. The second kappa shape index (κ2) is 11.9. The van der Waals surface area contributed by atoms with Crippen molar-refractivity contribution in [1.82, 2.24) is 4.90 Å². The van der Waals surface area contributed by atoms with Gasteiger partial charge in [0, 0.05) is 19.8 Å². The predicted molar refractivity (Wildman–Crippen MR) is 119 cm³/mol. The van der Waals surface area contributed by atoms with E-state index in [4.69, 9.17) is 15.2 Å². The highest BCUT2D eigenvalue weighted by Gasteiger charge is 2.25. The third kappa shape index (κ3) is 7.42. The van der Waals surface area contributed by atoms with E-state index < -0.39 is 12.3 Å². The summed E-state index contributed by atoms with van der Waals surface area (Å²) >= 11 is 0. The Morgan fingerprint density at radius 3 is 2.31 bits per heavy atom. The van der Waals surface area contributed by atoms with Gasteiger partial charge in [-0.1, -0.05) is 56.3 Å². The smallest absolute Gasteiger partial charge is 0.240 e. The van der Waals surface area contributed by atoms with Crippen molar-refractivity contribution in [1.29, 1.82) is 0 Å². The second-order valence-corrected chi connectivity index (χ2v) is 7.80. The van der Waals surface area contributed by atoms with Gasteiger partial charge in [-0.15, -0.1) is 0 Å². The molecule has 0 aromatic heterocycles. The summed E-state index contributed by atoms with van der Waals surface area (Å²) in [6, 6.07) is 13.9. The van der Waals surface area contributed by atoms with Gasteiger partial charge in [-0.25, -0.2) is 0 Å². The van der Waals surface area contributed by atoms with Crippen molar-refractivity contribution >= 4 is 16.7 Å². The molecular weight excluding hydrogens is 364 g/mol. The summed E-state index contributed by atoms with van der Waals surface area (Å²) in [7, 11) is 0. The summed E-state index contributed by atoms with van der Waals surface area (Å²) in [4.78, 5) is 15.0. The molecule has 2 rings (SSSR count). The number of nitrogens with zero attached hydrogens (tertiary/aromatic N) is 1. The van der Waals surface area contributed by atoms with Crippen LogP contribution in [0.5, 0.6) is 0 Å². The van der Waals surface area contributed by atoms with Crippen LogP contribution < -0.4 is 5.73 Å². The fraction of sp³-hybridized carbons (Fsp3) is 0.542. The molecule has 0 unspecified atom stereocenters. The van der Waals surface area contributed by atoms with Crippen LogP contribution in [-0.4, -0.2) is 49.4 Å². The van der Waals surface area contributed by atoms with Crippen LogP contribution in [0.3, 0.4) is 0 Å². The SMILES string of the molecule is CCOC(CN(CCC(C)C)C(=O)[C@@H](N)Cc1ccc2ccccc2c1)OCC. The second-order valence-electron chi connectivity index (χ2n) is 7.80. The van der Waals surface area contributed by atoms with Crippen molar-refractivity contribution in [3.05, 3.63) is 48.0 Å². The van der Waals surface area contributed by atoms with Gasteiger partial charge in [0.1, 0.15) is 0 Å². The Hall–Kier alpha value is -1.95. The lowest BCUT2D eigenvalue weighted by Gasteiger charge is -2.30. The van der Waals surface area contributed by atoms with Gasteiger partial charge < -0.3 is 20.1 Å². The number of hydrogen-bond acceptors (Lipinski definition) is 4. The highest BCUT2D eigenvalue weighted by molar-refractivity contribution is 5.84. The number of carbonyl (C=O) groups is 1. The van der Waals surface area contributed by atoms with Gasteiger partial charge in [0.05, 0.1) is 12.6 Å². The van der Waals surface area contributed by atoms with Crippen LogP contribution in [0.2, 0.25) is 0 Å². The molecule has 5 heteroatoms. The molecule has 2 aromatic carbocycles. The van der Waals surface area contributed by atoms with Crippen molar-refractivity contribution in [3.8, 4) is 0 Å². The normalized spacial score (nSPS) is 12.7. The zero-order valence-corrected chi connectivity index (χ0v) is 18.3. The molecule has 0 saturated carbocycles. The lowest BCUT2D eigenvalue weighted by molar-refractivity contribution is -0.159. The molecule has 0 aliphatic carbocycles. The monoisotopic (exact) mass is 400 g/mol. The van der Waals surface area contributed by atoms with Crippen molar-refractivity contribution in [2.45, 2.75) is 52.9 Å². The zero-order valence-electron chi connectivity index (χ0n) is 18.3. The van der Waals surface area contributed by atoms with Crippen LogP contribution in [0, 0.1) is 5.92 Å². The van der Waals surface area contributed by atoms with E-state index in [0.29, 0.717) is 38.6 Å². The summed E-state index contributed by atoms with van der Waals surface area (Å²) < 4.78 is 11.3. The van der Waals surface area contributed by atoms with Crippen LogP contribution in [0.1, 0.15) is 39.7 Å². The van der Waals surface area contributed by atoms with Gasteiger partial charge in [0.15, 0.2) is 6.29 Å². The average Bonchev–Trinajstić information content (AvgIpc) is 2.70. The fourth-order valence-corrected chi connectivity index (χ4v) is 3.35. The maximum atomic E-state index is 13.2. The number of rotatable bonds is 12. The standard InChI is InChI=1S/C24H36N2O3/c1-5-28-23(29-6-2)17-26(14-13-18(3)4)24(27)22(25)16-19-11-12-20-9-7-8-10-21(20)15-19/h7-12,15,18,22-23H,5-6,13-14,16-17,25H2,1-4H3/t22-/m0/s1. The number of benzene rings is 2. The molecule has 160 valence electrons. The van der Waals surface area contributed by atoms with Gasteiger partial charge in [-0.3, -0.25) is 4.79 Å². The average molecular weight is 401 g/mol. The molecule has 0 spiro atoms. The van der Waals surface area contributed by atoms with Crippen LogP contribution in [0.15, 0.2) is 42.5 Å². The summed E-state index contributed by atoms with van der Waals surface area (Å²) in [6.07, 6.45) is 1.00. The Labute approximate surface area is 175 Å². The number of amides is 1.